The van der Waals surface area contributed by atoms with Gasteiger partial charge in [0.15, 0.2) is 28.5 Å². The molecule has 36 heavy (non-hydrogen) atoms. The van der Waals surface area contributed by atoms with E-state index >= 15 is 0 Å². The first-order chi connectivity index (χ1) is 17.3. The molecule has 1 atom stereocenters. The fourth-order valence-electron chi connectivity index (χ4n) is 3.40. The molecule has 2 heterocycles. The third kappa shape index (κ3) is 6.55. The van der Waals surface area contributed by atoms with Crippen molar-refractivity contribution < 1.29 is 32.3 Å². The first-order valence-electron chi connectivity index (χ1n) is 11.3. The first kappa shape index (κ1) is 26.0. The summed E-state index contributed by atoms with van der Waals surface area (Å²) in [6, 6.07) is 4.24. The van der Waals surface area contributed by atoms with Crippen molar-refractivity contribution >= 4 is 30.5 Å². The van der Waals surface area contributed by atoms with Gasteiger partial charge in [-0.15, -0.1) is 0 Å². The van der Waals surface area contributed by atoms with E-state index in [0.29, 0.717) is 17.8 Å². The number of methoxy groups -OCH3 is 1. The van der Waals surface area contributed by atoms with Gasteiger partial charge in [-0.1, -0.05) is 6.07 Å². The number of hydrogen-bond acceptors (Lipinski definition) is 10. The van der Waals surface area contributed by atoms with Crippen LogP contribution in [-0.4, -0.2) is 58.4 Å². The zero-order valence-electron chi connectivity index (χ0n) is 19.6. The number of aromatic nitrogens is 4. The third-order valence-electron chi connectivity index (χ3n) is 5.56. The summed E-state index contributed by atoms with van der Waals surface area (Å²) in [5.41, 5.74) is 6.06. The van der Waals surface area contributed by atoms with Gasteiger partial charge in [0.05, 0.1) is 39.4 Å². The number of fused-ring (bicyclic) bond motifs is 1. The van der Waals surface area contributed by atoms with Crippen LogP contribution in [-0.2, 0) is 36.3 Å². The van der Waals surface area contributed by atoms with Crippen LogP contribution in [0.3, 0.4) is 0 Å². The summed E-state index contributed by atoms with van der Waals surface area (Å²) in [7, 11) is -2.37. The number of nitrogen functional groups attached to an aromatic ring is 1. The highest BCUT2D eigenvalue weighted by molar-refractivity contribution is 7.53. The van der Waals surface area contributed by atoms with Gasteiger partial charge < -0.3 is 28.8 Å². The number of nitrogens with zero attached hydrogens (tertiary/aromatic N) is 3. The Morgan fingerprint density at radius 3 is 2.83 bits per heavy atom. The van der Waals surface area contributed by atoms with Crippen LogP contribution in [0.5, 0.6) is 5.75 Å². The second kappa shape index (κ2) is 11.3. The van der Waals surface area contributed by atoms with Gasteiger partial charge in [0, 0.05) is 12.5 Å². The Hall–Kier alpha value is -3.12. The first-order valence-corrected chi connectivity index (χ1v) is 13.0. The lowest BCUT2D eigenvalue weighted by Gasteiger charge is -2.19. The topological polar surface area (TPSA) is 161 Å². The Kier molecular flexibility index (Phi) is 8.14. The van der Waals surface area contributed by atoms with Crippen LogP contribution in [0.4, 0.5) is 10.3 Å². The molecule has 0 saturated heterocycles. The van der Waals surface area contributed by atoms with Gasteiger partial charge in [-0.05, 0) is 30.5 Å². The molecule has 12 nitrogen and oxygen atoms in total. The summed E-state index contributed by atoms with van der Waals surface area (Å²) in [5, 5.41) is 0. The lowest BCUT2D eigenvalue weighted by atomic mass is 10.2. The third-order valence-corrected chi connectivity index (χ3v) is 7.33. The number of imidazole rings is 1. The van der Waals surface area contributed by atoms with Crippen molar-refractivity contribution in [3.05, 3.63) is 46.3 Å². The van der Waals surface area contributed by atoms with E-state index in [1.807, 2.05) is 0 Å². The molecular weight excluding hydrogens is 496 g/mol. The minimum Gasteiger partial charge on any atom is -0.494 e. The van der Waals surface area contributed by atoms with Crippen molar-refractivity contribution in [3.63, 3.8) is 0 Å². The number of ketones is 1. The SMILES string of the molecule is COc1ccc(COP(=O)(CCOCCn2cnc3c(=O)[nH]c(N)nc32)OCC(=O)C2CC2)cc1F. The summed E-state index contributed by atoms with van der Waals surface area (Å²) < 4.78 is 50.4. The zero-order valence-corrected chi connectivity index (χ0v) is 20.5. The van der Waals surface area contributed by atoms with Crippen molar-refractivity contribution in [2.45, 2.75) is 26.0 Å². The number of halogens is 1. The molecule has 194 valence electrons. The molecule has 3 aromatic rings. The van der Waals surface area contributed by atoms with Gasteiger partial charge >= 0.3 is 7.60 Å². The van der Waals surface area contributed by atoms with E-state index < -0.39 is 19.0 Å². The number of carbonyl (C=O) groups is 1. The van der Waals surface area contributed by atoms with Gasteiger partial charge in [0.25, 0.3) is 5.56 Å². The zero-order chi connectivity index (χ0) is 25.7. The summed E-state index contributed by atoms with van der Waals surface area (Å²) in [6.45, 7) is 0.00292. The van der Waals surface area contributed by atoms with Crippen LogP contribution in [0.15, 0.2) is 29.3 Å². The molecule has 2 aromatic heterocycles. The number of Topliss-reactive ketones (excluding diaryl/α,β-unsaturated/α-hetero) is 1. The van der Waals surface area contributed by atoms with Crippen LogP contribution in [0.1, 0.15) is 18.4 Å². The Labute approximate surface area is 205 Å². The van der Waals surface area contributed by atoms with E-state index in [1.165, 1.54) is 25.6 Å². The lowest BCUT2D eigenvalue weighted by Crippen LogP contribution is -2.15. The molecule has 3 N–H and O–H groups in total. The van der Waals surface area contributed by atoms with Gasteiger partial charge in [-0.2, -0.15) is 4.98 Å². The maximum absolute atomic E-state index is 14.0. The van der Waals surface area contributed by atoms with Crippen molar-refractivity contribution in [2.24, 2.45) is 5.92 Å². The second-order valence-corrected chi connectivity index (χ2v) is 10.5. The largest absolute Gasteiger partial charge is 0.494 e. The molecule has 0 spiro atoms. The number of nitrogens with two attached hydrogens (primary N) is 1. The number of anilines is 1. The maximum atomic E-state index is 14.0. The summed E-state index contributed by atoms with van der Waals surface area (Å²) >= 11 is 0. The number of rotatable bonds is 14. The fourth-order valence-corrected chi connectivity index (χ4v) is 4.75. The number of carbonyl (C=O) groups excluding carboxylic acids is 1. The Morgan fingerprint density at radius 2 is 2.11 bits per heavy atom. The van der Waals surface area contributed by atoms with E-state index in [4.69, 9.17) is 24.3 Å². The smallest absolute Gasteiger partial charge is 0.333 e. The van der Waals surface area contributed by atoms with Crippen LogP contribution >= 0.6 is 7.60 Å². The number of benzene rings is 1. The molecule has 0 bridgehead atoms. The predicted octanol–water partition coefficient (Wildman–Crippen LogP) is 2.27. The quantitative estimate of drug-likeness (QED) is 0.237. The molecule has 1 unspecified atom stereocenters. The van der Waals surface area contributed by atoms with Crippen molar-refractivity contribution in [2.75, 3.05) is 38.8 Å². The molecule has 0 aliphatic heterocycles. The highest BCUT2D eigenvalue weighted by Crippen LogP contribution is 2.49. The molecule has 1 aromatic carbocycles. The molecular formula is C22H27FN5O7P. The van der Waals surface area contributed by atoms with Crippen LogP contribution in [0.2, 0.25) is 0 Å². The molecule has 1 aliphatic carbocycles. The number of nitrogens with one attached hydrogen (secondary N) is 1. The van der Waals surface area contributed by atoms with E-state index in [9.17, 15) is 18.5 Å². The highest BCUT2D eigenvalue weighted by Gasteiger charge is 2.33. The standard InChI is InChI=1S/C22H27FN5O7P/c1-32-18-5-2-14(10-16(18)23)11-34-36(31,35-12-17(29)15-3-4-15)9-8-33-7-6-28-13-25-19-20(28)26-22(24)27-21(19)30/h2,5,10,13,15H,3-4,6-9,11-12H2,1H3,(H3,24,26,27,30). The predicted molar refractivity (Wildman–Crippen MR) is 127 cm³/mol. The minimum absolute atomic E-state index is 0.00858. The monoisotopic (exact) mass is 523 g/mol. The highest BCUT2D eigenvalue weighted by atomic mass is 31.2. The van der Waals surface area contributed by atoms with Gasteiger partial charge in [0.2, 0.25) is 5.95 Å². The molecule has 1 fully saturated rings. The average molecular weight is 523 g/mol. The number of H-pyrrole nitrogens is 1. The maximum Gasteiger partial charge on any atom is 0.333 e. The molecule has 4 rings (SSSR count). The fraction of sp³-hybridized carbons (Fsp3) is 0.455. The van der Waals surface area contributed by atoms with E-state index in [-0.39, 0.29) is 61.5 Å². The summed E-state index contributed by atoms with van der Waals surface area (Å²) in [5.74, 6) is -0.696. The van der Waals surface area contributed by atoms with Crippen molar-refractivity contribution in [1.29, 1.82) is 0 Å². The number of aromatic amines is 1. The molecule has 1 saturated carbocycles. The van der Waals surface area contributed by atoms with E-state index in [0.717, 1.165) is 12.8 Å². The second-order valence-electron chi connectivity index (χ2n) is 8.26. The molecule has 0 amide bonds. The minimum atomic E-state index is -3.73. The lowest BCUT2D eigenvalue weighted by molar-refractivity contribution is -0.122. The van der Waals surface area contributed by atoms with Crippen LogP contribution in [0.25, 0.3) is 11.2 Å². The molecule has 0 radical (unpaired) electrons. The van der Waals surface area contributed by atoms with E-state index in [1.54, 1.807) is 10.6 Å². The Bertz CT molecular complexity index is 1340. The Morgan fingerprint density at radius 1 is 1.31 bits per heavy atom. The van der Waals surface area contributed by atoms with Crippen LogP contribution < -0.4 is 16.0 Å². The van der Waals surface area contributed by atoms with E-state index in [2.05, 4.69) is 15.0 Å². The average Bonchev–Trinajstić information content (AvgIpc) is 3.63. The van der Waals surface area contributed by atoms with Gasteiger partial charge in [-0.3, -0.25) is 19.1 Å². The van der Waals surface area contributed by atoms with Crippen molar-refractivity contribution in [3.8, 4) is 5.75 Å². The Balaban J connectivity index is 1.32. The van der Waals surface area contributed by atoms with Crippen LogP contribution in [0, 0.1) is 11.7 Å². The van der Waals surface area contributed by atoms with Gasteiger partial charge in [-0.25, -0.2) is 9.37 Å². The normalized spacial score (nSPS) is 15.2. The van der Waals surface area contributed by atoms with Crippen molar-refractivity contribution in [1.82, 2.24) is 19.5 Å². The molecule has 14 heteroatoms. The summed E-state index contributed by atoms with van der Waals surface area (Å²) in [6.07, 6.45) is 2.94. The molecule has 1 aliphatic rings. The number of ether oxygens (including phenoxy) is 2. The summed E-state index contributed by atoms with van der Waals surface area (Å²) in [4.78, 5) is 34.4. The van der Waals surface area contributed by atoms with Gasteiger partial charge in [0.1, 0.15) is 6.61 Å². The number of hydrogen-bond donors (Lipinski definition) is 2.